The van der Waals surface area contributed by atoms with Gasteiger partial charge in [-0.3, -0.25) is 0 Å². The van der Waals surface area contributed by atoms with E-state index in [0.29, 0.717) is 18.2 Å². The maximum absolute atomic E-state index is 11.1. The minimum atomic E-state index is -0.355. The van der Waals surface area contributed by atoms with Crippen LogP contribution in [0.25, 0.3) is 0 Å². The Morgan fingerprint density at radius 3 is 3.14 bits per heavy atom. The molecule has 1 aromatic rings. The molecule has 0 aliphatic heterocycles. The van der Waals surface area contributed by atoms with Gasteiger partial charge in [0.2, 0.25) is 0 Å². The molecule has 1 fully saturated rings. The van der Waals surface area contributed by atoms with Crippen LogP contribution in [0.3, 0.4) is 0 Å². The van der Waals surface area contributed by atoms with E-state index in [-0.39, 0.29) is 5.97 Å². The minimum absolute atomic E-state index is 0.355. The predicted molar refractivity (Wildman–Crippen MR) is 49.9 cm³/mol. The van der Waals surface area contributed by atoms with E-state index >= 15 is 0 Å². The zero-order valence-corrected chi connectivity index (χ0v) is 8.08. The van der Waals surface area contributed by atoms with Crippen LogP contribution in [0.1, 0.15) is 29.0 Å². The Kier molecular flexibility index (Phi) is 2.54. The first-order valence-electron chi connectivity index (χ1n) is 4.68. The monoisotopic (exact) mass is 195 g/mol. The molecule has 1 heterocycles. The maximum Gasteiger partial charge on any atom is 0.341 e. The predicted octanol–water partition coefficient (Wildman–Crippen LogP) is 1.32. The number of carbonyl (C=O) groups is 1. The van der Waals surface area contributed by atoms with Crippen molar-refractivity contribution in [3.05, 3.63) is 23.7 Å². The molecule has 0 aromatic carbocycles. The molecule has 1 aliphatic carbocycles. The molecule has 0 bridgehead atoms. The van der Waals surface area contributed by atoms with Crippen molar-refractivity contribution in [2.45, 2.75) is 25.4 Å². The fourth-order valence-electron chi connectivity index (χ4n) is 1.23. The van der Waals surface area contributed by atoms with Gasteiger partial charge in [-0.2, -0.15) is 0 Å². The number of methoxy groups -OCH3 is 1. The summed E-state index contributed by atoms with van der Waals surface area (Å²) in [5, 5.41) is 3.30. The first kappa shape index (κ1) is 9.27. The standard InChI is InChI=1S/C10H13NO3/c1-13-10(12)7-4-9(14-6-7)5-11-8-2-3-8/h4,6,8,11H,2-3,5H2,1H3. The van der Waals surface area contributed by atoms with Gasteiger partial charge in [-0.15, -0.1) is 0 Å². The molecular formula is C10H13NO3. The Hall–Kier alpha value is -1.29. The van der Waals surface area contributed by atoms with E-state index in [0.717, 1.165) is 5.76 Å². The molecule has 0 atom stereocenters. The first-order chi connectivity index (χ1) is 6.79. The van der Waals surface area contributed by atoms with Crippen LogP contribution in [0.4, 0.5) is 0 Å². The van der Waals surface area contributed by atoms with Crippen molar-refractivity contribution in [2.24, 2.45) is 0 Å². The average molecular weight is 195 g/mol. The van der Waals surface area contributed by atoms with Crippen molar-refractivity contribution < 1.29 is 13.9 Å². The SMILES string of the molecule is COC(=O)c1coc(CNC2CC2)c1. The summed E-state index contributed by atoms with van der Waals surface area (Å²) in [6, 6.07) is 2.35. The van der Waals surface area contributed by atoms with Crippen molar-refractivity contribution in [3.63, 3.8) is 0 Å². The second kappa shape index (κ2) is 3.84. The third-order valence-corrected chi connectivity index (χ3v) is 2.22. The number of esters is 1. The van der Waals surface area contributed by atoms with Crippen molar-refractivity contribution in [3.8, 4) is 0 Å². The number of hydrogen-bond donors (Lipinski definition) is 1. The summed E-state index contributed by atoms with van der Waals surface area (Å²) < 4.78 is 9.77. The lowest BCUT2D eigenvalue weighted by Gasteiger charge is -1.96. The topological polar surface area (TPSA) is 51.5 Å². The van der Waals surface area contributed by atoms with Crippen LogP contribution in [0.15, 0.2) is 16.7 Å². The minimum Gasteiger partial charge on any atom is -0.467 e. The molecule has 1 N–H and O–H groups in total. The van der Waals surface area contributed by atoms with Gasteiger partial charge < -0.3 is 14.5 Å². The molecule has 0 saturated heterocycles. The van der Waals surface area contributed by atoms with Gasteiger partial charge >= 0.3 is 5.97 Å². The molecule has 0 spiro atoms. The van der Waals surface area contributed by atoms with Gasteiger partial charge in [0.15, 0.2) is 0 Å². The van der Waals surface area contributed by atoms with Crippen LogP contribution in [0.5, 0.6) is 0 Å². The molecule has 1 aliphatic rings. The van der Waals surface area contributed by atoms with Crippen molar-refractivity contribution >= 4 is 5.97 Å². The largest absolute Gasteiger partial charge is 0.467 e. The summed E-state index contributed by atoms with van der Waals surface area (Å²) in [6.07, 6.45) is 3.91. The fourth-order valence-corrected chi connectivity index (χ4v) is 1.23. The lowest BCUT2D eigenvalue weighted by atomic mass is 10.3. The van der Waals surface area contributed by atoms with Gasteiger partial charge in [0, 0.05) is 6.04 Å². The average Bonchev–Trinajstić information content (AvgIpc) is 2.92. The van der Waals surface area contributed by atoms with Gasteiger partial charge in [0.05, 0.1) is 19.2 Å². The Morgan fingerprint density at radius 1 is 1.71 bits per heavy atom. The number of carbonyl (C=O) groups excluding carboxylic acids is 1. The number of furan rings is 1. The summed E-state index contributed by atoms with van der Waals surface area (Å²) in [4.78, 5) is 11.1. The Balaban J connectivity index is 1.91. The number of ether oxygens (including phenoxy) is 1. The molecule has 0 radical (unpaired) electrons. The highest BCUT2D eigenvalue weighted by Gasteiger charge is 2.20. The van der Waals surface area contributed by atoms with E-state index in [2.05, 4.69) is 10.1 Å². The molecule has 2 rings (SSSR count). The molecule has 76 valence electrons. The lowest BCUT2D eigenvalue weighted by Crippen LogP contribution is -2.14. The van der Waals surface area contributed by atoms with Gasteiger partial charge in [-0.1, -0.05) is 0 Å². The van der Waals surface area contributed by atoms with E-state index in [1.807, 2.05) is 0 Å². The smallest absolute Gasteiger partial charge is 0.341 e. The van der Waals surface area contributed by atoms with Crippen molar-refractivity contribution in [1.82, 2.24) is 5.32 Å². The molecule has 14 heavy (non-hydrogen) atoms. The highest BCUT2D eigenvalue weighted by Crippen LogP contribution is 2.19. The van der Waals surface area contributed by atoms with E-state index in [1.165, 1.54) is 26.2 Å². The molecule has 4 heteroatoms. The quantitative estimate of drug-likeness (QED) is 0.736. The Bertz CT molecular complexity index is 328. The first-order valence-corrected chi connectivity index (χ1v) is 4.68. The molecular weight excluding hydrogens is 182 g/mol. The van der Waals surface area contributed by atoms with Gasteiger partial charge in [-0.05, 0) is 18.9 Å². The third-order valence-electron chi connectivity index (χ3n) is 2.22. The molecule has 4 nitrogen and oxygen atoms in total. The summed E-state index contributed by atoms with van der Waals surface area (Å²) in [5.41, 5.74) is 0.472. The molecule has 0 amide bonds. The molecule has 1 saturated carbocycles. The molecule has 1 aromatic heterocycles. The third kappa shape index (κ3) is 2.14. The Morgan fingerprint density at radius 2 is 2.50 bits per heavy atom. The van der Waals surface area contributed by atoms with E-state index in [4.69, 9.17) is 4.42 Å². The second-order valence-corrected chi connectivity index (χ2v) is 3.45. The maximum atomic E-state index is 11.1. The summed E-state index contributed by atoms with van der Waals surface area (Å²) >= 11 is 0. The zero-order valence-electron chi connectivity index (χ0n) is 8.08. The molecule has 0 unspecified atom stereocenters. The van der Waals surface area contributed by atoms with Crippen LogP contribution in [0.2, 0.25) is 0 Å². The number of hydrogen-bond acceptors (Lipinski definition) is 4. The number of rotatable bonds is 4. The zero-order chi connectivity index (χ0) is 9.97. The van der Waals surface area contributed by atoms with Crippen LogP contribution in [-0.4, -0.2) is 19.1 Å². The number of nitrogens with one attached hydrogen (secondary N) is 1. The summed E-state index contributed by atoms with van der Waals surface area (Å²) in [5.74, 6) is 0.420. The fraction of sp³-hybridized carbons (Fsp3) is 0.500. The van der Waals surface area contributed by atoms with Crippen LogP contribution < -0.4 is 5.32 Å². The van der Waals surface area contributed by atoms with E-state index in [9.17, 15) is 4.79 Å². The van der Waals surface area contributed by atoms with Crippen LogP contribution in [0, 0.1) is 0 Å². The van der Waals surface area contributed by atoms with E-state index in [1.54, 1.807) is 6.07 Å². The van der Waals surface area contributed by atoms with Crippen LogP contribution >= 0.6 is 0 Å². The highest BCUT2D eigenvalue weighted by atomic mass is 16.5. The van der Waals surface area contributed by atoms with Gasteiger partial charge in [-0.25, -0.2) is 4.79 Å². The second-order valence-electron chi connectivity index (χ2n) is 3.45. The van der Waals surface area contributed by atoms with Crippen LogP contribution in [-0.2, 0) is 11.3 Å². The lowest BCUT2D eigenvalue weighted by molar-refractivity contribution is 0.0600. The van der Waals surface area contributed by atoms with E-state index < -0.39 is 0 Å². The summed E-state index contributed by atoms with van der Waals surface area (Å²) in [7, 11) is 1.36. The van der Waals surface area contributed by atoms with Gasteiger partial charge in [0.25, 0.3) is 0 Å². The normalized spacial score (nSPS) is 15.5. The van der Waals surface area contributed by atoms with Gasteiger partial charge in [0.1, 0.15) is 12.0 Å². The summed E-state index contributed by atoms with van der Waals surface area (Å²) in [6.45, 7) is 0.682. The Labute approximate surface area is 82.2 Å². The van der Waals surface area contributed by atoms with Crippen molar-refractivity contribution in [1.29, 1.82) is 0 Å². The highest BCUT2D eigenvalue weighted by molar-refractivity contribution is 5.88. The van der Waals surface area contributed by atoms with Crippen molar-refractivity contribution in [2.75, 3.05) is 7.11 Å².